The maximum Gasteiger partial charge on any atom is 0.123 e. The Hall–Kier alpha value is -1.87. The summed E-state index contributed by atoms with van der Waals surface area (Å²) in [7, 11) is 0. The summed E-state index contributed by atoms with van der Waals surface area (Å²) in [5.74, 6) is -0.203. The molecule has 0 fully saturated rings. The molecule has 3 heteroatoms. The molecule has 0 bridgehead atoms. The van der Waals surface area contributed by atoms with Gasteiger partial charge in [-0.15, -0.1) is 0 Å². The molecule has 0 aliphatic carbocycles. The first-order valence-corrected chi connectivity index (χ1v) is 6.87. The van der Waals surface area contributed by atoms with Crippen LogP contribution in [0.4, 0.5) is 10.1 Å². The summed E-state index contributed by atoms with van der Waals surface area (Å²) < 4.78 is 13.0. The van der Waals surface area contributed by atoms with E-state index in [-0.39, 0.29) is 5.82 Å². The van der Waals surface area contributed by atoms with E-state index in [1.165, 1.54) is 28.9 Å². The van der Waals surface area contributed by atoms with Crippen molar-refractivity contribution < 1.29 is 4.39 Å². The van der Waals surface area contributed by atoms with Crippen molar-refractivity contribution in [3.05, 3.63) is 65.0 Å². The van der Waals surface area contributed by atoms with Crippen LogP contribution in [0.5, 0.6) is 0 Å². The summed E-state index contributed by atoms with van der Waals surface area (Å²) in [4.78, 5) is 2.25. The Balaban J connectivity index is 2.26. The molecule has 2 rings (SSSR count). The Morgan fingerprint density at radius 3 is 2.40 bits per heavy atom. The number of hydrogen-bond acceptors (Lipinski definition) is 2. The molecule has 2 N–H and O–H groups in total. The molecule has 0 spiro atoms. The molecule has 2 nitrogen and oxygen atoms in total. The van der Waals surface area contributed by atoms with Crippen LogP contribution in [0.2, 0.25) is 0 Å². The number of anilines is 1. The monoisotopic (exact) mass is 272 g/mol. The lowest BCUT2D eigenvalue weighted by molar-refractivity contribution is 0.626. The topological polar surface area (TPSA) is 29.3 Å². The lowest BCUT2D eigenvalue weighted by Gasteiger charge is -2.27. The van der Waals surface area contributed by atoms with Crippen molar-refractivity contribution >= 4 is 5.69 Å². The first-order chi connectivity index (χ1) is 9.61. The normalized spacial score (nSPS) is 10.6. The molecule has 106 valence electrons. The van der Waals surface area contributed by atoms with E-state index < -0.39 is 0 Å². The van der Waals surface area contributed by atoms with Gasteiger partial charge in [-0.25, -0.2) is 4.39 Å². The number of nitrogens with two attached hydrogens (primary N) is 1. The molecule has 0 aliphatic rings. The van der Waals surface area contributed by atoms with Crippen molar-refractivity contribution in [1.82, 2.24) is 0 Å². The van der Waals surface area contributed by atoms with E-state index in [0.29, 0.717) is 6.54 Å². The van der Waals surface area contributed by atoms with Crippen molar-refractivity contribution in [3.8, 4) is 0 Å². The lowest BCUT2D eigenvalue weighted by Crippen LogP contribution is -2.29. The molecule has 0 aliphatic heterocycles. The molecule has 0 saturated carbocycles. The van der Waals surface area contributed by atoms with Gasteiger partial charge in [-0.05, 0) is 48.7 Å². The number of aryl methyl sites for hydroxylation is 1. The third-order valence-corrected chi connectivity index (χ3v) is 3.60. The highest BCUT2D eigenvalue weighted by Gasteiger charge is 2.10. The van der Waals surface area contributed by atoms with Crippen LogP contribution in [0.1, 0.15) is 16.7 Å². The van der Waals surface area contributed by atoms with Gasteiger partial charge >= 0.3 is 0 Å². The van der Waals surface area contributed by atoms with Crippen LogP contribution in [0.3, 0.4) is 0 Å². The third kappa shape index (κ3) is 3.36. The fraction of sp³-hybridized carbons (Fsp3) is 0.294. The van der Waals surface area contributed by atoms with Gasteiger partial charge in [-0.1, -0.05) is 24.3 Å². The van der Waals surface area contributed by atoms with Gasteiger partial charge in [0, 0.05) is 25.3 Å². The summed E-state index contributed by atoms with van der Waals surface area (Å²) in [6.45, 7) is 6.34. The van der Waals surface area contributed by atoms with Crippen LogP contribution in [-0.2, 0) is 6.54 Å². The fourth-order valence-electron chi connectivity index (χ4n) is 2.33. The quantitative estimate of drug-likeness (QED) is 0.903. The lowest BCUT2D eigenvalue weighted by atomic mass is 10.1. The van der Waals surface area contributed by atoms with Crippen molar-refractivity contribution in [1.29, 1.82) is 0 Å². The molecular weight excluding hydrogens is 251 g/mol. The van der Waals surface area contributed by atoms with E-state index in [0.717, 1.165) is 18.7 Å². The van der Waals surface area contributed by atoms with Crippen molar-refractivity contribution in [3.63, 3.8) is 0 Å². The molecule has 0 heterocycles. The largest absolute Gasteiger partial charge is 0.366 e. The second kappa shape index (κ2) is 6.53. The molecule has 20 heavy (non-hydrogen) atoms. The standard InChI is InChI=1S/C17H21FN2/c1-13-4-3-5-17(14(13)2)20(11-10-19)12-15-6-8-16(18)9-7-15/h3-9H,10-12,19H2,1-2H3. The highest BCUT2D eigenvalue weighted by Crippen LogP contribution is 2.24. The highest BCUT2D eigenvalue weighted by atomic mass is 19.1. The minimum absolute atomic E-state index is 0.203. The molecule has 0 atom stereocenters. The van der Waals surface area contributed by atoms with Gasteiger partial charge in [0.25, 0.3) is 0 Å². The van der Waals surface area contributed by atoms with Gasteiger partial charge in [0.15, 0.2) is 0 Å². The van der Waals surface area contributed by atoms with E-state index in [4.69, 9.17) is 5.73 Å². The van der Waals surface area contributed by atoms with Crippen LogP contribution in [0, 0.1) is 19.7 Å². The van der Waals surface area contributed by atoms with Gasteiger partial charge in [-0.3, -0.25) is 0 Å². The zero-order chi connectivity index (χ0) is 14.5. The molecule has 2 aromatic rings. The van der Waals surface area contributed by atoms with E-state index in [9.17, 15) is 4.39 Å². The predicted molar refractivity (Wildman–Crippen MR) is 82.4 cm³/mol. The Morgan fingerprint density at radius 2 is 1.75 bits per heavy atom. The summed E-state index contributed by atoms with van der Waals surface area (Å²) in [6.07, 6.45) is 0. The van der Waals surface area contributed by atoms with Gasteiger partial charge in [-0.2, -0.15) is 0 Å². The second-order valence-corrected chi connectivity index (χ2v) is 5.06. The summed E-state index contributed by atoms with van der Waals surface area (Å²) in [5, 5.41) is 0. The van der Waals surface area contributed by atoms with Crippen LogP contribution >= 0.6 is 0 Å². The zero-order valence-electron chi connectivity index (χ0n) is 12.1. The maximum absolute atomic E-state index is 13.0. The van der Waals surface area contributed by atoms with Crippen molar-refractivity contribution in [2.45, 2.75) is 20.4 Å². The molecule has 2 aromatic carbocycles. The Labute approximate surface area is 120 Å². The van der Waals surface area contributed by atoms with Crippen molar-refractivity contribution in [2.75, 3.05) is 18.0 Å². The van der Waals surface area contributed by atoms with Crippen LogP contribution < -0.4 is 10.6 Å². The van der Waals surface area contributed by atoms with Crippen LogP contribution in [-0.4, -0.2) is 13.1 Å². The summed E-state index contributed by atoms with van der Waals surface area (Å²) in [5.41, 5.74) is 10.5. The molecule has 0 saturated heterocycles. The number of rotatable bonds is 5. The molecule has 0 amide bonds. The first kappa shape index (κ1) is 14.5. The number of benzene rings is 2. The van der Waals surface area contributed by atoms with Gasteiger partial charge in [0.05, 0.1) is 0 Å². The molecule has 0 aromatic heterocycles. The Bertz CT molecular complexity index is 564. The van der Waals surface area contributed by atoms with Gasteiger partial charge < -0.3 is 10.6 Å². The molecule has 0 unspecified atom stereocenters. The summed E-state index contributed by atoms with van der Waals surface area (Å²) >= 11 is 0. The third-order valence-electron chi connectivity index (χ3n) is 3.60. The van der Waals surface area contributed by atoms with E-state index in [1.54, 1.807) is 0 Å². The van der Waals surface area contributed by atoms with Crippen LogP contribution in [0.15, 0.2) is 42.5 Å². The Kier molecular flexibility index (Phi) is 4.74. The minimum Gasteiger partial charge on any atom is -0.366 e. The van der Waals surface area contributed by atoms with E-state index >= 15 is 0 Å². The van der Waals surface area contributed by atoms with Gasteiger partial charge in [0.1, 0.15) is 5.82 Å². The highest BCUT2D eigenvalue weighted by molar-refractivity contribution is 5.56. The number of halogens is 1. The average molecular weight is 272 g/mol. The summed E-state index contributed by atoms with van der Waals surface area (Å²) in [6, 6.07) is 12.9. The van der Waals surface area contributed by atoms with E-state index in [1.807, 2.05) is 12.1 Å². The minimum atomic E-state index is -0.203. The smallest absolute Gasteiger partial charge is 0.123 e. The van der Waals surface area contributed by atoms with E-state index in [2.05, 4.69) is 36.9 Å². The molecular formula is C17H21FN2. The molecule has 0 radical (unpaired) electrons. The zero-order valence-corrected chi connectivity index (χ0v) is 12.1. The predicted octanol–water partition coefficient (Wildman–Crippen LogP) is 3.41. The number of nitrogens with zero attached hydrogens (tertiary/aromatic N) is 1. The Morgan fingerprint density at radius 1 is 1.05 bits per heavy atom. The fourth-order valence-corrected chi connectivity index (χ4v) is 2.33. The number of hydrogen-bond donors (Lipinski definition) is 1. The second-order valence-electron chi connectivity index (χ2n) is 5.06. The van der Waals surface area contributed by atoms with Crippen LogP contribution in [0.25, 0.3) is 0 Å². The van der Waals surface area contributed by atoms with Crippen molar-refractivity contribution in [2.24, 2.45) is 5.73 Å². The SMILES string of the molecule is Cc1cccc(N(CCN)Cc2ccc(F)cc2)c1C. The van der Waals surface area contributed by atoms with Gasteiger partial charge in [0.2, 0.25) is 0 Å². The maximum atomic E-state index is 13.0. The first-order valence-electron chi connectivity index (χ1n) is 6.87. The average Bonchev–Trinajstić information content (AvgIpc) is 2.44.